The lowest BCUT2D eigenvalue weighted by Gasteiger charge is -2.10. The smallest absolute Gasteiger partial charge is 0.316 e. The molecule has 0 spiro atoms. The van der Waals surface area contributed by atoms with Crippen LogP contribution in [-0.2, 0) is 16.1 Å². The summed E-state index contributed by atoms with van der Waals surface area (Å²) in [6.45, 7) is 2.82. The van der Waals surface area contributed by atoms with Gasteiger partial charge in [0.25, 0.3) is 0 Å². The zero-order chi connectivity index (χ0) is 13.7. The third-order valence-electron chi connectivity index (χ3n) is 2.83. The van der Waals surface area contributed by atoms with E-state index in [9.17, 15) is 9.18 Å². The number of thioether (sulfide) groups is 1. The van der Waals surface area contributed by atoms with Crippen molar-refractivity contribution in [1.29, 1.82) is 0 Å². The first kappa shape index (κ1) is 14.3. The standard InChI is InChI=1S/C14H18FNO2S/c1-2-18-14(17)9-19-13-6-3-11(15)7-10(13)8-16-12-4-5-12/h3,6-7,12,16H,2,4-5,8-9H2,1H3. The summed E-state index contributed by atoms with van der Waals surface area (Å²) < 4.78 is 18.2. The molecule has 0 aliphatic heterocycles. The molecule has 5 heteroatoms. The fourth-order valence-electron chi connectivity index (χ4n) is 1.71. The molecule has 2 rings (SSSR count). The monoisotopic (exact) mass is 283 g/mol. The molecule has 3 nitrogen and oxygen atoms in total. The Morgan fingerprint density at radius 2 is 2.32 bits per heavy atom. The topological polar surface area (TPSA) is 38.3 Å². The van der Waals surface area contributed by atoms with Crippen LogP contribution in [0.1, 0.15) is 25.3 Å². The van der Waals surface area contributed by atoms with Crippen molar-refractivity contribution < 1.29 is 13.9 Å². The molecule has 0 unspecified atom stereocenters. The first-order valence-electron chi connectivity index (χ1n) is 6.49. The van der Waals surface area contributed by atoms with E-state index in [-0.39, 0.29) is 17.5 Å². The lowest BCUT2D eigenvalue weighted by atomic mass is 10.2. The van der Waals surface area contributed by atoms with E-state index in [4.69, 9.17) is 4.74 Å². The Kier molecular flexibility index (Phi) is 5.22. The normalized spacial score (nSPS) is 14.4. The van der Waals surface area contributed by atoms with Gasteiger partial charge in [0.1, 0.15) is 5.82 Å². The summed E-state index contributed by atoms with van der Waals surface area (Å²) in [6, 6.07) is 5.26. The van der Waals surface area contributed by atoms with Gasteiger partial charge in [-0.05, 0) is 43.5 Å². The van der Waals surface area contributed by atoms with Crippen LogP contribution in [-0.4, -0.2) is 24.4 Å². The average Bonchev–Trinajstić information content (AvgIpc) is 3.19. The van der Waals surface area contributed by atoms with Gasteiger partial charge in [-0.15, -0.1) is 11.8 Å². The predicted octanol–water partition coefficient (Wildman–Crippen LogP) is 2.73. The summed E-state index contributed by atoms with van der Waals surface area (Å²) >= 11 is 1.39. The van der Waals surface area contributed by atoms with Crippen LogP contribution >= 0.6 is 11.8 Å². The van der Waals surface area contributed by atoms with Crippen molar-refractivity contribution in [2.45, 2.75) is 37.2 Å². The Hall–Kier alpha value is -1.07. The van der Waals surface area contributed by atoms with Crippen molar-refractivity contribution in [3.8, 4) is 0 Å². The highest BCUT2D eigenvalue weighted by atomic mass is 32.2. The number of carbonyl (C=O) groups is 1. The first-order valence-corrected chi connectivity index (χ1v) is 7.48. The van der Waals surface area contributed by atoms with Crippen LogP contribution in [0.3, 0.4) is 0 Å². The second-order valence-electron chi connectivity index (χ2n) is 4.50. The molecule has 0 aromatic heterocycles. The molecule has 0 radical (unpaired) electrons. The van der Waals surface area contributed by atoms with E-state index in [2.05, 4.69) is 5.32 Å². The molecular weight excluding hydrogens is 265 g/mol. The number of nitrogens with one attached hydrogen (secondary N) is 1. The van der Waals surface area contributed by atoms with Gasteiger partial charge in [-0.2, -0.15) is 0 Å². The molecular formula is C14H18FNO2S. The van der Waals surface area contributed by atoms with Crippen LogP contribution in [0.2, 0.25) is 0 Å². The molecule has 1 aliphatic carbocycles. The Bertz CT molecular complexity index is 449. The Balaban J connectivity index is 1.94. The number of rotatable bonds is 7. The van der Waals surface area contributed by atoms with Gasteiger partial charge >= 0.3 is 5.97 Å². The number of carbonyl (C=O) groups excluding carboxylic acids is 1. The fraction of sp³-hybridized carbons (Fsp3) is 0.500. The van der Waals surface area contributed by atoms with Crippen LogP contribution in [0.4, 0.5) is 4.39 Å². The SMILES string of the molecule is CCOC(=O)CSc1ccc(F)cc1CNC1CC1. The molecule has 0 atom stereocenters. The second kappa shape index (κ2) is 6.91. The molecule has 1 aromatic carbocycles. The number of esters is 1. The third kappa shape index (κ3) is 4.84. The number of hydrogen-bond acceptors (Lipinski definition) is 4. The van der Waals surface area contributed by atoms with Crippen LogP contribution < -0.4 is 5.32 Å². The summed E-state index contributed by atoms with van der Waals surface area (Å²) in [7, 11) is 0. The highest BCUT2D eigenvalue weighted by Gasteiger charge is 2.20. The van der Waals surface area contributed by atoms with E-state index < -0.39 is 0 Å². The third-order valence-corrected chi connectivity index (χ3v) is 3.92. The van der Waals surface area contributed by atoms with Crippen LogP contribution in [0.5, 0.6) is 0 Å². The molecule has 0 saturated heterocycles. The number of ether oxygens (including phenoxy) is 1. The lowest BCUT2D eigenvalue weighted by Crippen LogP contribution is -2.16. The summed E-state index contributed by atoms with van der Waals surface area (Å²) in [4.78, 5) is 12.3. The van der Waals surface area contributed by atoms with Gasteiger partial charge in [-0.1, -0.05) is 0 Å². The van der Waals surface area contributed by atoms with E-state index in [0.717, 1.165) is 10.5 Å². The molecule has 1 aromatic rings. The minimum absolute atomic E-state index is 0.238. The Morgan fingerprint density at radius 3 is 3.00 bits per heavy atom. The van der Waals surface area contributed by atoms with Gasteiger partial charge in [0, 0.05) is 17.5 Å². The van der Waals surface area contributed by atoms with Gasteiger partial charge in [-0.25, -0.2) is 4.39 Å². The van der Waals surface area contributed by atoms with Crippen molar-refractivity contribution in [2.24, 2.45) is 0 Å². The zero-order valence-corrected chi connectivity index (χ0v) is 11.8. The number of benzene rings is 1. The fourth-order valence-corrected chi connectivity index (χ4v) is 2.55. The number of halogens is 1. The predicted molar refractivity (Wildman–Crippen MR) is 73.6 cm³/mol. The summed E-state index contributed by atoms with van der Waals surface area (Å²) in [5.41, 5.74) is 0.904. The van der Waals surface area contributed by atoms with E-state index in [1.807, 2.05) is 0 Å². The zero-order valence-electron chi connectivity index (χ0n) is 10.9. The van der Waals surface area contributed by atoms with Crippen LogP contribution in [0.15, 0.2) is 23.1 Å². The highest BCUT2D eigenvalue weighted by molar-refractivity contribution is 8.00. The molecule has 0 heterocycles. The van der Waals surface area contributed by atoms with Crippen molar-refractivity contribution in [1.82, 2.24) is 5.32 Å². The van der Waals surface area contributed by atoms with Gasteiger partial charge in [0.05, 0.1) is 12.4 Å². The largest absolute Gasteiger partial charge is 0.465 e. The van der Waals surface area contributed by atoms with Crippen molar-refractivity contribution in [2.75, 3.05) is 12.4 Å². The maximum absolute atomic E-state index is 13.3. The second-order valence-corrected chi connectivity index (χ2v) is 5.52. The molecule has 0 bridgehead atoms. The van der Waals surface area contributed by atoms with Crippen LogP contribution in [0.25, 0.3) is 0 Å². The van der Waals surface area contributed by atoms with E-state index >= 15 is 0 Å². The van der Waals surface area contributed by atoms with Crippen LogP contribution in [0, 0.1) is 5.82 Å². The van der Waals surface area contributed by atoms with E-state index in [1.54, 1.807) is 13.0 Å². The first-order chi connectivity index (χ1) is 9.19. The molecule has 1 saturated carbocycles. The van der Waals surface area contributed by atoms with Crippen molar-refractivity contribution in [3.63, 3.8) is 0 Å². The molecule has 19 heavy (non-hydrogen) atoms. The van der Waals surface area contributed by atoms with Crippen molar-refractivity contribution in [3.05, 3.63) is 29.6 Å². The molecule has 0 amide bonds. The van der Waals surface area contributed by atoms with Gasteiger partial charge in [-0.3, -0.25) is 4.79 Å². The average molecular weight is 283 g/mol. The minimum atomic E-state index is -0.243. The summed E-state index contributed by atoms with van der Waals surface area (Å²) in [5.74, 6) is -0.221. The Morgan fingerprint density at radius 1 is 1.53 bits per heavy atom. The van der Waals surface area contributed by atoms with Gasteiger partial charge in [0.15, 0.2) is 0 Å². The lowest BCUT2D eigenvalue weighted by molar-refractivity contribution is -0.139. The summed E-state index contributed by atoms with van der Waals surface area (Å²) in [5, 5.41) is 3.36. The molecule has 1 fully saturated rings. The molecule has 1 N–H and O–H groups in total. The maximum Gasteiger partial charge on any atom is 0.316 e. The molecule has 1 aliphatic rings. The Labute approximate surface area is 116 Å². The minimum Gasteiger partial charge on any atom is -0.465 e. The van der Waals surface area contributed by atoms with E-state index in [1.165, 1.54) is 36.7 Å². The summed E-state index contributed by atoms with van der Waals surface area (Å²) in [6.07, 6.45) is 2.39. The van der Waals surface area contributed by atoms with Gasteiger partial charge < -0.3 is 10.1 Å². The van der Waals surface area contributed by atoms with Crippen molar-refractivity contribution >= 4 is 17.7 Å². The number of hydrogen-bond donors (Lipinski definition) is 1. The van der Waals surface area contributed by atoms with E-state index in [0.29, 0.717) is 19.2 Å². The van der Waals surface area contributed by atoms with Gasteiger partial charge in [0.2, 0.25) is 0 Å². The maximum atomic E-state index is 13.3. The highest BCUT2D eigenvalue weighted by Crippen LogP contribution is 2.25. The quantitative estimate of drug-likeness (QED) is 0.617. The molecule has 104 valence electrons.